The lowest BCUT2D eigenvalue weighted by molar-refractivity contribution is 0.263. The number of rotatable bonds is 8. The van der Waals surface area contributed by atoms with E-state index in [0.29, 0.717) is 24.5 Å². The van der Waals surface area contributed by atoms with Crippen LogP contribution in [0.2, 0.25) is 0 Å². The lowest BCUT2D eigenvalue weighted by Crippen LogP contribution is -2.33. The number of tetrazole rings is 1. The van der Waals surface area contributed by atoms with Gasteiger partial charge in [0.05, 0.1) is 20.3 Å². The van der Waals surface area contributed by atoms with Crippen molar-refractivity contribution in [3.63, 3.8) is 0 Å². The third-order valence-electron chi connectivity index (χ3n) is 6.25. The fourth-order valence-electron chi connectivity index (χ4n) is 4.58. The molecule has 1 atom stereocenters. The molecule has 176 valence electrons. The van der Waals surface area contributed by atoms with Crippen molar-refractivity contribution in [2.24, 2.45) is 0 Å². The topological polar surface area (TPSA) is 98.2 Å². The van der Waals surface area contributed by atoms with Crippen LogP contribution in [-0.4, -0.2) is 56.9 Å². The molecule has 4 aromatic rings. The number of likely N-dealkylation sites (tertiary alicyclic amines) is 1. The van der Waals surface area contributed by atoms with E-state index in [0.717, 1.165) is 53.9 Å². The van der Waals surface area contributed by atoms with Crippen molar-refractivity contribution in [3.8, 4) is 11.5 Å². The molecule has 0 bridgehead atoms. The zero-order valence-corrected chi connectivity index (χ0v) is 19.4. The SMILES string of the molecule is CCOc1ccc2[nH]c(=O)c(C(c3nnnn3Cc3ccc(OC)cc3)N3CCCC3)cc2c1. The third kappa shape index (κ3) is 4.38. The predicted molar refractivity (Wildman–Crippen MR) is 128 cm³/mol. The Morgan fingerprint density at radius 1 is 1.06 bits per heavy atom. The van der Waals surface area contributed by atoms with E-state index >= 15 is 0 Å². The minimum absolute atomic E-state index is 0.132. The van der Waals surface area contributed by atoms with E-state index in [1.54, 1.807) is 11.8 Å². The average molecular weight is 461 g/mol. The Morgan fingerprint density at radius 2 is 1.82 bits per heavy atom. The zero-order chi connectivity index (χ0) is 23.5. The van der Waals surface area contributed by atoms with E-state index < -0.39 is 0 Å². The van der Waals surface area contributed by atoms with Gasteiger partial charge in [-0.05, 0) is 85.2 Å². The summed E-state index contributed by atoms with van der Waals surface area (Å²) in [5.41, 5.74) is 2.32. The summed E-state index contributed by atoms with van der Waals surface area (Å²) in [7, 11) is 1.65. The van der Waals surface area contributed by atoms with E-state index in [1.165, 1.54) is 0 Å². The van der Waals surface area contributed by atoms with Gasteiger partial charge in [0.1, 0.15) is 17.5 Å². The first kappa shape index (κ1) is 22.1. The van der Waals surface area contributed by atoms with Crippen LogP contribution in [0.15, 0.2) is 53.3 Å². The number of aromatic amines is 1. The highest BCUT2D eigenvalue weighted by atomic mass is 16.5. The van der Waals surface area contributed by atoms with Crippen molar-refractivity contribution in [2.45, 2.75) is 32.4 Å². The number of fused-ring (bicyclic) bond motifs is 1. The first-order valence-electron chi connectivity index (χ1n) is 11.6. The van der Waals surface area contributed by atoms with Crippen molar-refractivity contribution in [1.82, 2.24) is 30.1 Å². The van der Waals surface area contributed by atoms with Crippen molar-refractivity contribution in [2.75, 3.05) is 26.8 Å². The number of ether oxygens (including phenoxy) is 2. The van der Waals surface area contributed by atoms with Crippen LogP contribution in [0.25, 0.3) is 10.9 Å². The highest BCUT2D eigenvalue weighted by Gasteiger charge is 2.32. The molecule has 9 heteroatoms. The second kappa shape index (κ2) is 9.64. The number of H-pyrrole nitrogens is 1. The summed E-state index contributed by atoms with van der Waals surface area (Å²) in [6.45, 7) is 4.80. The minimum atomic E-state index is -0.348. The summed E-state index contributed by atoms with van der Waals surface area (Å²) in [5.74, 6) is 2.23. The van der Waals surface area contributed by atoms with E-state index in [-0.39, 0.29) is 11.6 Å². The highest BCUT2D eigenvalue weighted by molar-refractivity contribution is 5.80. The summed E-state index contributed by atoms with van der Waals surface area (Å²) in [4.78, 5) is 18.6. The Morgan fingerprint density at radius 3 is 2.56 bits per heavy atom. The molecule has 1 unspecified atom stereocenters. The Balaban J connectivity index is 1.57. The number of aromatic nitrogens is 5. The van der Waals surface area contributed by atoms with E-state index in [1.807, 2.05) is 55.5 Å². The maximum absolute atomic E-state index is 13.3. The molecule has 0 radical (unpaired) electrons. The summed E-state index contributed by atoms with van der Waals surface area (Å²) < 4.78 is 12.7. The molecule has 5 rings (SSSR count). The van der Waals surface area contributed by atoms with Crippen LogP contribution in [0, 0.1) is 0 Å². The van der Waals surface area contributed by atoms with Gasteiger partial charge in [0.2, 0.25) is 0 Å². The number of nitrogens with zero attached hydrogens (tertiary/aromatic N) is 5. The average Bonchev–Trinajstić information content (AvgIpc) is 3.54. The van der Waals surface area contributed by atoms with Crippen LogP contribution in [-0.2, 0) is 6.54 Å². The van der Waals surface area contributed by atoms with Gasteiger partial charge >= 0.3 is 0 Å². The molecule has 34 heavy (non-hydrogen) atoms. The number of hydrogen-bond acceptors (Lipinski definition) is 7. The quantitative estimate of drug-likeness (QED) is 0.431. The van der Waals surface area contributed by atoms with Crippen LogP contribution >= 0.6 is 0 Å². The van der Waals surface area contributed by atoms with E-state index in [2.05, 4.69) is 25.4 Å². The van der Waals surface area contributed by atoms with Gasteiger partial charge in [0, 0.05) is 16.5 Å². The van der Waals surface area contributed by atoms with Gasteiger partial charge in [0.25, 0.3) is 5.56 Å². The summed E-state index contributed by atoms with van der Waals surface area (Å²) in [6.07, 6.45) is 2.16. The first-order chi connectivity index (χ1) is 16.7. The summed E-state index contributed by atoms with van der Waals surface area (Å²) in [5, 5.41) is 13.6. The summed E-state index contributed by atoms with van der Waals surface area (Å²) in [6, 6.07) is 15.1. The molecule has 0 amide bonds. The minimum Gasteiger partial charge on any atom is -0.497 e. The van der Waals surface area contributed by atoms with Crippen molar-refractivity contribution >= 4 is 10.9 Å². The fourth-order valence-corrected chi connectivity index (χ4v) is 4.58. The van der Waals surface area contributed by atoms with Gasteiger partial charge in [-0.2, -0.15) is 0 Å². The molecule has 1 fully saturated rings. The molecule has 1 saturated heterocycles. The molecular weight excluding hydrogens is 432 g/mol. The van der Waals surface area contributed by atoms with Gasteiger partial charge < -0.3 is 14.5 Å². The van der Waals surface area contributed by atoms with Gasteiger partial charge in [-0.3, -0.25) is 9.69 Å². The molecule has 2 aromatic carbocycles. The van der Waals surface area contributed by atoms with Crippen LogP contribution in [0.1, 0.15) is 42.8 Å². The van der Waals surface area contributed by atoms with Gasteiger partial charge in [-0.1, -0.05) is 12.1 Å². The molecule has 0 aliphatic carbocycles. The lowest BCUT2D eigenvalue weighted by Gasteiger charge is -2.26. The largest absolute Gasteiger partial charge is 0.497 e. The Hall–Kier alpha value is -3.72. The standard InChI is InChI=1S/C25H28N6O3/c1-3-34-20-10-11-22-18(14-20)15-21(25(32)26-22)23(30-12-4-5-13-30)24-27-28-29-31(24)16-17-6-8-19(33-2)9-7-17/h6-11,14-15,23H,3-5,12-13,16H2,1-2H3,(H,26,32). The highest BCUT2D eigenvalue weighted by Crippen LogP contribution is 2.30. The number of hydrogen-bond donors (Lipinski definition) is 1. The van der Waals surface area contributed by atoms with E-state index in [9.17, 15) is 4.79 Å². The molecule has 1 aliphatic rings. The van der Waals surface area contributed by atoms with Gasteiger partial charge in [0.15, 0.2) is 5.82 Å². The van der Waals surface area contributed by atoms with Crippen molar-refractivity contribution in [1.29, 1.82) is 0 Å². The Labute approximate surface area is 197 Å². The number of benzene rings is 2. The number of methoxy groups -OCH3 is 1. The van der Waals surface area contributed by atoms with Crippen molar-refractivity contribution in [3.05, 3.63) is 75.8 Å². The van der Waals surface area contributed by atoms with Crippen LogP contribution in [0.5, 0.6) is 11.5 Å². The van der Waals surface area contributed by atoms with E-state index in [4.69, 9.17) is 9.47 Å². The monoisotopic (exact) mass is 460 g/mol. The molecule has 1 aliphatic heterocycles. The molecule has 3 heterocycles. The zero-order valence-electron chi connectivity index (χ0n) is 19.4. The third-order valence-corrected chi connectivity index (χ3v) is 6.25. The molecular formula is C25H28N6O3. The summed E-state index contributed by atoms with van der Waals surface area (Å²) >= 11 is 0. The molecule has 1 N–H and O–H groups in total. The van der Waals surface area contributed by atoms with Gasteiger partial charge in [-0.15, -0.1) is 5.10 Å². The Bertz CT molecular complexity index is 1320. The smallest absolute Gasteiger partial charge is 0.253 e. The second-order valence-electron chi connectivity index (χ2n) is 8.42. The normalized spacial score (nSPS) is 15.0. The lowest BCUT2D eigenvalue weighted by atomic mass is 10.0. The molecule has 9 nitrogen and oxygen atoms in total. The maximum Gasteiger partial charge on any atom is 0.253 e. The maximum atomic E-state index is 13.3. The molecule has 2 aromatic heterocycles. The second-order valence-corrected chi connectivity index (χ2v) is 8.42. The Kier molecular flexibility index (Phi) is 6.27. The van der Waals surface area contributed by atoms with Crippen LogP contribution < -0.4 is 15.0 Å². The van der Waals surface area contributed by atoms with Crippen LogP contribution in [0.4, 0.5) is 0 Å². The fraction of sp³-hybridized carbons (Fsp3) is 0.360. The molecule has 0 spiro atoms. The first-order valence-corrected chi connectivity index (χ1v) is 11.6. The molecule has 0 saturated carbocycles. The number of pyridine rings is 1. The predicted octanol–water partition coefficient (Wildman–Crippen LogP) is 3.16. The number of nitrogens with one attached hydrogen (secondary N) is 1. The van der Waals surface area contributed by atoms with Gasteiger partial charge in [-0.25, -0.2) is 4.68 Å². The van der Waals surface area contributed by atoms with Crippen molar-refractivity contribution < 1.29 is 9.47 Å². The van der Waals surface area contributed by atoms with Crippen LogP contribution in [0.3, 0.4) is 0 Å².